The maximum atomic E-state index is 13.0. The van der Waals surface area contributed by atoms with Gasteiger partial charge in [0.05, 0.1) is 20.4 Å². The monoisotopic (exact) mass is 840 g/mol. The van der Waals surface area contributed by atoms with Crippen molar-refractivity contribution in [2.75, 3.05) is 10.6 Å². The third kappa shape index (κ3) is 8.71. The van der Waals surface area contributed by atoms with Crippen LogP contribution in [0.1, 0.15) is 27.7 Å². The number of aromatic nitrogens is 4. The molecule has 0 aliphatic carbocycles. The second-order valence-corrected chi connectivity index (χ2v) is 20.1. The Bertz CT molecular complexity index is 2530. The average Bonchev–Trinajstić information content (AvgIpc) is 3.90. The average molecular weight is 842 g/mol. The number of benzene rings is 3. The highest BCUT2D eigenvalue weighted by Crippen LogP contribution is 2.31. The van der Waals surface area contributed by atoms with Crippen molar-refractivity contribution < 1.29 is 26.4 Å². The Morgan fingerprint density at radius 1 is 0.618 bits per heavy atom. The number of nitrogens with one attached hydrogen (secondary N) is 2. The van der Waals surface area contributed by atoms with Gasteiger partial charge in [-0.25, -0.2) is 16.8 Å². The molecule has 288 valence electrons. The Labute approximate surface area is 334 Å². The van der Waals surface area contributed by atoms with Crippen LogP contribution < -0.4 is 10.6 Å². The molecule has 17 heteroatoms. The van der Waals surface area contributed by atoms with E-state index >= 15 is 0 Å². The van der Waals surface area contributed by atoms with Crippen molar-refractivity contribution >= 4 is 77.7 Å². The van der Waals surface area contributed by atoms with Crippen LogP contribution in [-0.4, -0.2) is 57.7 Å². The molecule has 3 heterocycles. The molecule has 3 aromatic heterocycles. The SMILES string of the molecule is Cn1nc(-c2ccccc2)cc1NC(=O)C(C)(C)S(=O)(=O)c1ccc(Cl)cc1.Cn1nc(-c2cccs2)cc1NC(=O)C(C)(C)S(=O)(=O)c1ccc(Cl)cc1. The van der Waals surface area contributed by atoms with Crippen molar-refractivity contribution in [3.63, 3.8) is 0 Å². The first kappa shape index (κ1) is 41.4. The molecule has 0 aliphatic heterocycles. The molecule has 2 amide bonds. The largest absolute Gasteiger partial charge is 0.310 e. The van der Waals surface area contributed by atoms with E-state index in [4.69, 9.17) is 23.2 Å². The number of carbonyl (C=O) groups is 2. The van der Waals surface area contributed by atoms with Crippen LogP contribution in [0.4, 0.5) is 11.6 Å². The van der Waals surface area contributed by atoms with E-state index in [1.807, 2.05) is 47.8 Å². The van der Waals surface area contributed by atoms with Gasteiger partial charge in [-0.15, -0.1) is 11.3 Å². The van der Waals surface area contributed by atoms with Crippen molar-refractivity contribution in [3.8, 4) is 21.8 Å². The van der Waals surface area contributed by atoms with Gasteiger partial charge in [-0.3, -0.25) is 19.0 Å². The third-order valence-electron chi connectivity index (χ3n) is 8.77. The van der Waals surface area contributed by atoms with Gasteiger partial charge in [0.15, 0.2) is 19.7 Å². The van der Waals surface area contributed by atoms with Crippen molar-refractivity contribution in [2.45, 2.75) is 47.0 Å². The number of sulfone groups is 2. The number of amides is 2. The number of aryl methyl sites for hydroxylation is 2. The summed E-state index contributed by atoms with van der Waals surface area (Å²) in [6.07, 6.45) is 0. The lowest BCUT2D eigenvalue weighted by atomic mass is 10.1. The highest BCUT2D eigenvalue weighted by molar-refractivity contribution is 7.94. The topological polar surface area (TPSA) is 162 Å². The van der Waals surface area contributed by atoms with Crippen molar-refractivity contribution in [2.24, 2.45) is 14.1 Å². The molecule has 0 spiro atoms. The highest BCUT2D eigenvalue weighted by Gasteiger charge is 2.44. The summed E-state index contributed by atoms with van der Waals surface area (Å²) in [7, 11) is -4.48. The van der Waals surface area contributed by atoms with Gasteiger partial charge in [0, 0.05) is 41.8 Å². The molecule has 12 nitrogen and oxygen atoms in total. The van der Waals surface area contributed by atoms with Crippen molar-refractivity contribution in [1.82, 2.24) is 19.6 Å². The zero-order valence-corrected chi connectivity index (χ0v) is 34.6. The van der Waals surface area contributed by atoms with Gasteiger partial charge in [-0.1, -0.05) is 59.6 Å². The van der Waals surface area contributed by atoms with Crippen LogP contribution in [0.25, 0.3) is 21.8 Å². The first-order chi connectivity index (χ1) is 25.8. The molecule has 0 bridgehead atoms. The fourth-order valence-corrected chi connectivity index (χ4v) is 8.75. The standard InChI is InChI=1S/C20H20ClN3O3S.C18H18ClN3O3S2/c1-20(2,28(26,27)16-11-9-15(21)10-12-16)19(25)22-18-13-17(23-24(18)3)14-7-5-4-6-8-14;1-18(2,27(24,25)13-8-6-12(19)7-9-13)17(23)20-16-11-14(21-22(16)3)15-5-4-10-26-15/h4-13H,1-3H3,(H,22,25);4-11H,1-3H3,(H,20,23). The second kappa shape index (κ2) is 16.1. The molecular formula is C38H38Cl2N6O6S3. The van der Waals surface area contributed by atoms with Crippen LogP contribution in [0.5, 0.6) is 0 Å². The molecule has 6 rings (SSSR count). The normalized spacial score (nSPS) is 12.1. The minimum Gasteiger partial charge on any atom is -0.310 e. The molecule has 0 unspecified atom stereocenters. The van der Waals surface area contributed by atoms with E-state index in [0.717, 1.165) is 10.4 Å². The zero-order valence-electron chi connectivity index (χ0n) is 30.6. The third-order valence-corrected chi connectivity index (χ3v) is 15.0. The van der Waals surface area contributed by atoms with Crippen molar-refractivity contribution in [1.29, 1.82) is 0 Å². The summed E-state index contributed by atoms with van der Waals surface area (Å²) in [4.78, 5) is 26.7. The predicted molar refractivity (Wildman–Crippen MR) is 218 cm³/mol. The summed E-state index contributed by atoms with van der Waals surface area (Å²) in [5, 5.41) is 16.9. The number of halogens is 2. The van der Waals surface area contributed by atoms with Gasteiger partial charge >= 0.3 is 0 Å². The van der Waals surface area contributed by atoms with E-state index in [0.29, 0.717) is 33.1 Å². The van der Waals surface area contributed by atoms with E-state index in [-0.39, 0.29) is 9.79 Å². The smallest absolute Gasteiger partial charge is 0.246 e. The van der Waals surface area contributed by atoms with E-state index < -0.39 is 41.0 Å². The zero-order chi connectivity index (χ0) is 40.3. The molecule has 55 heavy (non-hydrogen) atoms. The van der Waals surface area contributed by atoms with E-state index in [1.165, 1.54) is 96.9 Å². The lowest BCUT2D eigenvalue weighted by molar-refractivity contribution is -0.118. The lowest BCUT2D eigenvalue weighted by Crippen LogP contribution is -2.44. The maximum absolute atomic E-state index is 13.0. The summed E-state index contributed by atoms with van der Waals surface area (Å²) >= 11 is 13.2. The molecule has 0 fully saturated rings. The van der Waals surface area contributed by atoms with Crippen LogP contribution in [0.15, 0.2) is 118 Å². The van der Waals surface area contributed by atoms with E-state index in [1.54, 1.807) is 26.2 Å². The summed E-state index contributed by atoms with van der Waals surface area (Å²) in [6, 6.07) is 28.3. The number of anilines is 2. The van der Waals surface area contributed by atoms with Gasteiger partial charge in [0.1, 0.15) is 26.8 Å². The lowest BCUT2D eigenvalue weighted by Gasteiger charge is -2.23. The van der Waals surface area contributed by atoms with Crippen LogP contribution >= 0.6 is 34.5 Å². The van der Waals surface area contributed by atoms with Crippen LogP contribution in [0.3, 0.4) is 0 Å². The summed E-state index contributed by atoms with van der Waals surface area (Å²) in [5.74, 6) is -0.464. The number of hydrogen-bond acceptors (Lipinski definition) is 9. The number of rotatable bonds is 10. The van der Waals surface area contributed by atoms with E-state index in [9.17, 15) is 26.4 Å². The van der Waals surface area contributed by atoms with Crippen LogP contribution in [-0.2, 0) is 43.4 Å². The summed E-state index contributed by atoms with van der Waals surface area (Å²) in [6.45, 7) is 5.51. The quantitative estimate of drug-likeness (QED) is 0.141. The number of carbonyl (C=O) groups excluding carboxylic acids is 2. The molecule has 0 radical (unpaired) electrons. The number of nitrogens with zero attached hydrogens (tertiary/aromatic N) is 4. The van der Waals surface area contributed by atoms with Gasteiger partial charge in [-0.05, 0) is 87.7 Å². The summed E-state index contributed by atoms with van der Waals surface area (Å²) < 4.78 is 51.5. The first-order valence-electron chi connectivity index (χ1n) is 16.6. The number of thiophene rings is 1. The molecule has 0 saturated heterocycles. The molecule has 0 aliphatic rings. The van der Waals surface area contributed by atoms with Gasteiger partial charge in [-0.2, -0.15) is 10.2 Å². The first-order valence-corrected chi connectivity index (χ1v) is 21.2. The Morgan fingerprint density at radius 2 is 1.04 bits per heavy atom. The van der Waals surface area contributed by atoms with Crippen LogP contribution in [0.2, 0.25) is 10.0 Å². The van der Waals surface area contributed by atoms with Crippen LogP contribution in [0, 0.1) is 0 Å². The summed E-state index contributed by atoms with van der Waals surface area (Å²) in [5.41, 5.74) is 2.28. The molecule has 3 aromatic carbocycles. The fourth-order valence-electron chi connectivity index (χ4n) is 5.06. The van der Waals surface area contributed by atoms with Gasteiger partial charge in [0.2, 0.25) is 11.8 Å². The molecule has 6 aromatic rings. The Kier molecular flexibility index (Phi) is 12.1. The Morgan fingerprint density at radius 3 is 1.45 bits per heavy atom. The second-order valence-electron chi connectivity index (χ2n) is 13.3. The minimum atomic E-state index is -3.93. The van der Waals surface area contributed by atoms with Gasteiger partial charge in [0.25, 0.3) is 0 Å². The molecule has 2 N–H and O–H groups in total. The Balaban J connectivity index is 0.000000211. The molecular weight excluding hydrogens is 804 g/mol. The highest BCUT2D eigenvalue weighted by atomic mass is 35.5. The molecule has 0 atom stereocenters. The van der Waals surface area contributed by atoms with E-state index in [2.05, 4.69) is 20.8 Å². The minimum absolute atomic E-state index is 0.0343. The fraction of sp³-hybridized carbons (Fsp3) is 0.211. The Hall–Kier alpha value is -4.80. The predicted octanol–water partition coefficient (Wildman–Crippen LogP) is 7.92. The van der Waals surface area contributed by atoms with Crippen molar-refractivity contribution in [3.05, 3.63) is 119 Å². The molecule has 0 saturated carbocycles. The number of hydrogen-bond donors (Lipinski definition) is 2. The van der Waals surface area contributed by atoms with Gasteiger partial charge < -0.3 is 10.6 Å². The maximum Gasteiger partial charge on any atom is 0.246 e.